The molecule has 1 aromatic carbocycles. The predicted octanol–water partition coefficient (Wildman–Crippen LogP) is 3.92. The van der Waals surface area contributed by atoms with Gasteiger partial charge < -0.3 is 9.88 Å². The third-order valence-electron chi connectivity index (χ3n) is 4.77. The Morgan fingerprint density at radius 1 is 1.19 bits per heavy atom. The average Bonchev–Trinajstić information content (AvgIpc) is 3.04. The molecule has 1 unspecified atom stereocenters. The number of nitrogens with one attached hydrogen (secondary N) is 1. The highest BCUT2D eigenvalue weighted by Crippen LogP contribution is 2.26. The first-order chi connectivity index (χ1) is 13.0. The monoisotopic (exact) mass is 369 g/mol. The van der Waals surface area contributed by atoms with Gasteiger partial charge in [-0.1, -0.05) is 6.92 Å². The third-order valence-corrected chi connectivity index (χ3v) is 4.77. The molecule has 1 aliphatic rings. The van der Waals surface area contributed by atoms with E-state index in [2.05, 4.69) is 20.3 Å². The van der Waals surface area contributed by atoms with Gasteiger partial charge >= 0.3 is 0 Å². The summed E-state index contributed by atoms with van der Waals surface area (Å²) in [6.07, 6.45) is 4.32. The summed E-state index contributed by atoms with van der Waals surface area (Å²) < 4.78 is 29.2. The highest BCUT2D eigenvalue weighted by Gasteiger charge is 2.22. The highest BCUT2D eigenvalue weighted by atomic mass is 19.1. The first-order valence-electron chi connectivity index (χ1n) is 9.14. The zero-order valence-electron chi connectivity index (χ0n) is 15.3. The summed E-state index contributed by atoms with van der Waals surface area (Å²) in [5.41, 5.74) is 1.80. The van der Waals surface area contributed by atoms with Gasteiger partial charge in [0.05, 0.1) is 5.69 Å². The number of nitrogens with zero attached hydrogens (tertiary/aromatic N) is 4. The molecule has 2 aromatic heterocycles. The van der Waals surface area contributed by atoms with Crippen molar-refractivity contribution in [2.75, 3.05) is 5.32 Å². The highest BCUT2D eigenvalue weighted by molar-refractivity contribution is 5.59. The Labute approximate surface area is 156 Å². The molecule has 5 nitrogen and oxygen atoms in total. The Balaban J connectivity index is 1.54. The van der Waals surface area contributed by atoms with Gasteiger partial charge in [0.2, 0.25) is 0 Å². The first-order valence-corrected chi connectivity index (χ1v) is 9.14. The smallest absolute Gasteiger partial charge is 0.135 e. The van der Waals surface area contributed by atoms with Gasteiger partial charge in [0, 0.05) is 55.0 Å². The molecule has 3 heterocycles. The number of halogens is 2. The lowest BCUT2D eigenvalue weighted by atomic mass is 10.1. The maximum Gasteiger partial charge on any atom is 0.135 e. The van der Waals surface area contributed by atoms with Crippen LogP contribution in [0.2, 0.25) is 0 Å². The van der Waals surface area contributed by atoms with E-state index in [-0.39, 0.29) is 6.04 Å². The van der Waals surface area contributed by atoms with Crippen molar-refractivity contribution in [1.82, 2.24) is 19.5 Å². The van der Waals surface area contributed by atoms with Crippen molar-refractivity contribution in [3.8, 4) is 11.3 Å². The fourth-order valence-electron chi connectivity index (χ4n) is 3.46. The largest absolute Gasteiger partial charge is 0.365 e. The van der Waals surface area contributed by atoms with Crippen molar-refractivity contribution in [2.24, 2.45) is 0 Å². The van der Waals surface area contributed by atoms with Crippen LogP contribution in [0, 0.1) is 18.6 Å². The van der Waals surface area contributed by atoms with E-state index in [0.29, 0.717) is 11.3 Å². The van der Waals surface area contributed by atoms with E-state index in [1.54, 1.807) is 0 Å². The van der Waals surface area contributed by atoms with E-state index < -0.39 is 11.6 Å². The molecule has 1 N–H and O–H groups in total. The van der Waals surface area contributed by atoms with Crippen LogP contribution < -0.4 is 5.32 Å². The summed E-state index contributed by atoms with van der Waals surface area (Å²) in [5, 5.41) is 3.48. The number of anilines is 1. The number of hydrogen-bond donors (Lipinski definition) is 1. The topological polar surface area (TPSA) is 55.6 Å². The number of benzene rings is 1. The zero-order valence-corrected chi connectivity index (χ0v) is 15.3. The van der Waals surface area contributed by atoms with E-state index in [0.717, 1.165) is 55.0 Å². The number of fused-ring (bicyclic) bond motifs is 1. The molecule has 140 valence electrons. The molecule has 0 aliphatic carbocycles. The molecule has 4 rings (SSSR count). The Bertz CT molecular complexity index is 982. The molecule has 0 amide bonds. The summed E-state index contributed by atoms with van der Waals surface area (Å²) in [7, 11) is 0. The molecule has 0 bridgehead atoms. The van der Waals surface area contributed by atoms with Crippen molar-refractivity contribution in [3.63, 3.8) is 0 Å². The van der Waals surface area contributed by atoms with Gasteiger partial charge in [-0.3, -0.25) is 0 Å². The lowest BCUT2D eigenvalue weighted by Crippen LogP contribution is -2.31. The minimum absolute atomic E-state index is 0.205. The quantitative estimate of drug-likeness (QED) is 0.757. The average molecular weight is 369 g/mol. The van der Waals surface area contributed by atoms with Crippen molar-refractivity contribution < 1.29 is 8.78 Å². The van der Waals surface area contributed by atoms with Crippen LogP contribution in [0.15, 0.2) is 30.5 Å². The van der Waals surface area contributed by atoms with Crippen LogP contribution in [0.5, 0.6) is 0 Å². The number of aryl methyl sites for hydroxylation is 3. The normalized spacial score (nSPS) is 16.2. The van der Waals surface area contributed by atoms with Gasteiger partial charge in [-0.05, 0) is 25.5 Å². The maximum atomic E-state index is 14.1. The molecule has 1 aliphatic heterocycles. The van der Waals surface area contributed by atoms with Crippen LogP contribution in [0.3, 0.4) is 0 Å². The molecule has 0 spiro atoms. The van der Waals surface area contributed by atoms with Gasteiger partial charge in [-0.25, -0.2) is 23.7 Å². The van der Waals surface area contributed by atoms with Crippen LogP contribution in [-0.2, 0) is 19.4 Å². The van der Waals surface area contributed by atoms with Crippen molar-refractivity contribution >= 4 is 5.82 Å². The Kier molecular flexibility index (Phi) is 4.59. The molecular weight excluding hydrogens is 348 g/mol. The van der Waals surface area contributed by atoms with Crippen molar-refractivity contribution in [1.29, 1.82) is 0 Å². The second kappa shape index (κ2) is 7.06. The van der Waals surface area contributed by atoms with Crippen molar-refractivity contribution in [2.45, 2.75) is 45.7 Å². The number of aromatic nitrogens is 4. The lowest BCUT2D eigenvalue weighted by molar-refractivity contribution is 0.475. The summed E-state index contributed by atoms with van der Waals surface area (Å²) in [4.78, 5) is 13.5. The van der Waals surface area contributed by atoms with Gasteiger partial charge in [0.1, 0.15) is 29.1 Å². The second-order valence-electron chi connectivity index (χ2n) is 6.86. The standard InChI is InChI=1S/C20H21F2N5/c1-3-18-23-12(2)8-19(26-18)24-14-5-7-20-25-17(11-27(20)10-14)15-6-4-13(21)9-16(15)22/h4,6,8-9,11,14H,3,5,7,10H2,1-2H3,(H,23,24,26). The Morgan fingerprint density at radius 2 is 2.04 bits per heavy atom. The van der Waals surface area contributed by atoms with E-state index in [1.807, 2.05) is 30.7 Å². The lowest BCUT2D eigenvalue weighted by Gasteiger charge is -2.25. The number of imidazole rings is 1. The first kappa shape index (κ1) is 17.6. The fraction of sp³-hybridized carbons (Fsp3) is 0.350. The number of hydrogen-bond acceptors (Lipinski definition) is 4. The van der Waals surface area contributed by atoms with Gasteiger partial charge in [0.25, 0.3) is 0 Å². The number of rotatable bonds is 4. The predicted molar refractivity (Wildman–Crippen MR) is 99.5 cm³/mol. The van der Waals surface area contributed by atoms with Crippen LogP contribution in [0.1, 0.15) is 30.7 Å². The van der Waals surface area contributed by atoms with Crippen LogP contribution in [0.25, 0.3) is 11.3 Å². The summed E-state index contributed by atoms with van der Waals surface area (Å²) in [6.45, 7) is 4.72. The molecule has 27 heavy (non-hydrogen) atoms. The van der Waals surface area contributed by atoms with Crippen LogP contribution in [0.4, 0.5) is 14.6 Å². The van der Waals surface area contributed by atoms with Gasteiger partial charge in [-0.2, -0.15) is 0 Å². The molecule has 1 atom stereocenters. The fourth-order valence-corrected chi connectivity index (χ4v) is 3.46. The Hall–Kier alpha value is -2.83. The molecule has 0 saturated carbocycles. The molecule has 0 saturated heterocycles. The molecular formula is C20H21F2N5. The van der Waals surface area contributed by atoms with E-state index in [4.69, 9.17) is 0 Å². The molecule has 7 heteroatoms. The summed E-state index contributed by atoms with van der Waals surface area (Å²) in [5.74, 6) is 1.39. The van der Waals surface area contributed by atoms with Crippen LogP contribution >= 0.6 is 0 Å². The van der Waals surface area contributed by atoms with Crippen molar-refractivity contribution in [3.05, 3.63) is 59.4 Å². The minimum Gasteiger partial charge on any atom is -0.365 e. The Morgan fingerprint density at radius 3 is 2.81 bits per heavy atom. The summed E-state index contributed by atoms with van der Waals surface area (Å²) in [6, 6.07) is 5.73. The zero-order chi connectivity index (χ0) is 19.0. The molecule has 0 fully saturated rings. The van der Waals surface area contributed by atoms with Gasteiger partial charge in [0.15, 0.2) is 0 Å². The maximum absolute atomic E-state index is 14.1. The second-order valence-corrected chi connectivity index (χ2v) is 6.86. The van der Waals surface area contributed by atoms with E-state index in [9.17, 15) is 8.78 Å². The SMILES string of the molecule is CCc1nc(C)cc(NC2CCc3nc(-c4ccc(F)cc4F)cn3C2)n1. The minimum atomic E-state index is -0.594. The third kappa shape index (κ3) is 3.67. The van der Waals surface area contributed by atoms with E-state index in [1.165, 1.54) is 12.1 Å². The van der Waals surface area contributed by atoms with E-state index >= 15 is 0 Å². The molecule has 3 aromatic rings. The van der Waals surface area contributed by atoms with Gasteiger partial charge in [-0.15, -0.1) is 0 Å². The molecule has 0 radical (unpaired) electrons. The summed E-state index contributed by atoms with van der Waals surface area (Å²) >= 11 is 0. The van der Waals surface area contributed by atoms with Crippen LogP contribution in [-0.4, -0.2) is 25.6 Å².